The summed E-state index contributed by atoms with van der Waals surface area (Å²) in [6, 6.07) is 0. The summed E-state index contributed by atoms with van der Waals surface area (Å²) in [5.41, 5.74) is 0.544. The SMILES string of the molecule is CC[C@H]1[C@@H](O)C2C3CCC([C@H](C)C[C@@H]4SC(=O)NC5OC54)[C@@]3(C)CCC2[C@@]2(C)CC[C@@H](O)C[C@@H]12. The van der Waals surface area contributed by atoms with Gasteiger partial charge in [0.15, 0.2) is 6.23 Å². The standard InChI is InChI=1S/C28H45NO4S/c1-5-16-20-13-15(30)8-10-28(20,4)19-9-11-27(3)17(6-7-18(27)22(19)23(16)31)14(2)12-21-24-25(33-24)29-26(32)34-21/h14-25,30-31H,5-13H2,1-4H3,(H,29,32)/t14-,15-,16-,17?,18?,19?,20+,21+,22?,23-,24?,25?,27-,28-/m1/s1. The smallest absolute Gasteiger partial charge is 0.281 e. The predicted octanol–water partition coefficient (Wildman–Crippen LogP) is 5.19. The van der Waals surface area contributed by atoms with Crippen LogP contribution < -0.4 is 5.32 Å². The number of hydrogen-bond acceptors (Lipinski definition) is 5. The molecule has 0 bridgehead atoms. The molecule has 0 aromatic carbocycles. The average Bonchev–Trinajstić information content (AvgIpc) is 3.47. The van der Waals surface area contributed by atoms with Crippen LogP contribution in [0, 0.1) is 52.3 Å². The topological polar surface area (TPSA) is 82.1 Å². The van der Waals surface area contributed by atoms with Crippen LogP contribution in [0.1, 0.15) is 85.5 Å². The Hall–Kier alpha value is -0.300. The lowest BCUT2D eigenvalue weighted by atomic mass is 9.41. The number of aliphatic hydroxyl groups excluding tert-OH is 2. The third kappa shape index (κ3) is 3.48. The number of carbonyl (C=O) groups is 1. The minimum absolute atomic E-state index is 0.0423. The highest BCUT2D eigenvalue weighted by atomic mass is 32.2. The molecule has 2 aliphatic heterocycles. The van der Waals surface area contributed by atoms with Crippen LogP contribution in [0.5, 0.6) is 0 Å². The van der Waals surface area contributed by atoms with E-state index in [9.17, 15) is 15.0 Å². The van der Waals surface area contributed by atoms with Gasteiger partial charge in [-0.2, -0.15) is 0 Å². The molecule has 6 aliphatic rings. The van der Waals surface area contributed by atoms with Gasteiger partial charge >= 0.3 is 0 Å². The first-order chi connectivity index (χ1) is 16.2. The first-order valence-electron chi connectivity index (χ1n) is 14.2. The van der Waals surface area contributed by atoms with Crippen molar-refractivity contribution < 1.29 is 19.7 Å². The number of thioether (sulfide) groups is 1. The van der Waals surface area contributed by atoms with Crippen molar-refractivity contribution in [2.75, 3.05) is 0 Å². The van der Waals surface area contributed by atoms with Crippen LogP contribution in [0.3, 0.4) is 0 Å². The van der Waals surface area contributed by atoms with E-state index in [1.807, 2.05) is 0 Å². The van der Waals surface area contributed by atoms with E-state index in [2.05, 4.69) is 33.0 Å². The number of nitrogens with one attached hydrogen (secondary N) is 1. The summed E-state index contributed by atoms with van der Waals surface area (Å²) in [6.45, 7) is 9.74. The third-order valence-corrected chi connectivity index (χ3v) is 13.3. The molecule has 0 spiro atoms. The Morgan fingerprint density at radius 1 is 1.09 bits per heavy atom. The lowest BCUT2D eigenvalue weighted by molar-refractivity contribution is -0.203. The van der Waals surface area contributed by atoms with Crippen LogP contribution in [-0.4, -0.2) is 45.2 Å². The zero-order valence-corrected chi connectivity index (χ0v) is 22.2. The molecule has 6 unspecified atom stereocenters. The van der Waals surface area contributed by atoms with Crippen molar-refractivity contribution in [2.24, 2.45) is 52.3 Å². The number of rotatable bonds is 4. The van der Waals surface area contributed by atoms with Gasteiger partial charge in [-0.05, 0) is 104 Å². The molecule has 0 aromatic rings. The summed E-state index contributed by atoms with van der Waals surface area (Å²) in [4.78, 5) is 12.1. The molecule has 34 heavy (non-hydrogen) atoms. The van der Waals surface area contributed by atoms with Gasteiger partial charge in [0.25, 0.3) is 5.24 Å². The minimum atomic E-state index is -0.227. The lowest BCUT2D eigenvalue weighted by Gasteiger charge is -2.64. The van der Waals surface area contributed by atoms with Crippen LogP contribution >= 0.6 is 11.8 Å². The third-order valence-electron chi connectivity index (χ3n) is 12.2. The number of aliphatic hydroxyl groups is 2. The Balaban J connectivity index is 1.23. The maximum absolute atomic E-state index is 12.1. The highest BCUT2D eigenvalue weighted by Crippen LogP contribution is 2.69. The van der Waals surface area contributed by atoms with E-state index in [-0.39, 0.29) is 45.9 Å². The molecular weight excluding hydrogens is 446 g/mol. The minimum Gasteiger partial charge on any atom is -0.393 e. The van der Waals surface area contributed by atoms with Gasteiger partial charge in [0.05, 0.1) is 12.2 Å². The fraction of sp³-hybridized carbons (Fsp3) is 0.964. The van der Waals surface area contributed by atoms with Gasteiger partial charge in [-0.1, -0.05) is 45.9 Å². The number of epoxide rings is 1. The van der Waals surface area contributed by atoms with Crippen molar-refractivity contribution in [3.05, 3.63) is 0 Å². The fourth-order valence-electron chi connectivity index (χ4n) is 10.5. The molecule has 14 atom stereocenters. The number of ether oxygens (including phenoxy) is 1. The summed E-state index contributed by atoms with van der Waals surface area (Å²) < 4.78 is 5.73. The number of hydrogen-bond donors (Lipinski definition) is 3. The Bertz CT molecular complexity index is 824. The molecular formula is C28H45NO4S. The van der Waals surface area contributed by atoms with E-state index in [4.69, 9.17) is 4.74 Å². The molecule has 2 heterocycles. The van der Waals surface area contributed by atoms with E-state index in [1.165, 1.54) is 37.4 Å². The van der Waals surface area contributed by atoms with Crippen molar-refractivity contribution in [1.29, 1.82) is 0 Å². The molecule has 4 saturated carbocycles. The Labute approximate surface area is 209 Å². The number of amides is 1. The van der Waals surface area contributed by atoms with Crippen LogP contribution in [-0.2, 0) is 4.74 Å². The van der Waals surface area contributed by atoms with E-state index in [1.54, 1.807) is 0 Å². The van der Waals surface area contributed by atoms with Crippen molar-refractivity contribution in [3.63, 3.8) is 0 Å². The Morgan fingerprint density at radius 3 is 2.59 bits per heavy atom. The van der Waals surface area contributed by atoms with E-state index in [0.717, 1.165) is 32.1 Å². The molecule has 192 valence electrons. The second-order valence-corrected chi connectivity index (χ2v) is 14.7. The fourth-order valence-corrected chi connectivity index (χ4v) is 11.7. The van der Waals surface area contributed by atoms with Crippen molar-refractivity contribution in [3.8, 4) is 0 Å². The second-order valence-electron chi connectivity index (χ2n) is 13.4. The normalized spacial score (nSPS) is 57.0. The van der Waals surface area contributed by atoms with Gasteiger partial charge in [0.1, 0.15) is 6.10 Å². The molecule has 3 N–H and O–H groups in total. The van der Waals surface area contributed by atoms with Crippen molar-refractivity contribution >= 4 is 17.0 Å². The molecule has 5 nitrogen and oxygen atoms in total. The van der Waals surface area contributed by atoms with Gasteiger partial charge in [0.2, 0.25) is 0 Å². The van der Waals surface area contributed by atoms with Crippen LogP contribution in [0.4, 0.5) is 4.79 Å². The zero-order valence-electron chi connectivity index (χ0n) is 21.4. The first-order valence-corrected chi connectivity index (χ1v) is 15.0. The van der Waals surface area contributed by atoms with Gasteiger partial charge in [-0.3, -0.25) is 4.79 Å². The molecule has 6 fully saturated rings. The zero-order chi connectivity index (χ0) is 24.0. The van der Waals surface area contributed by atoms with Crippen LogP contribution in [0.15, 0.2) is 0 Å². The quantitative estimate of drug-likeness (QED) is 0.472. The largest absolute Gasteiger partial charge is 0.393 e. The molecule has 0 aromatic heterocycles. The summed E-state index contributed by atoms with van der Waals surface area (Å²) in [5.74, 6) is 3.60. The Kier molecular flexibility index (Phi) is 5.92. The van der Waals surface area contributed by atoms with Crippen molar-refractivity contribution in [1.82, 2.24) is 5.32 Å². The summed E-state index contributed by atoms with van der Waals surface area (Å²) in [7, 11) is 0. The van der Waals surface area contributed by atoms with Crippen LogP contribution in [0.25, 0.3) is 0 Å². The molecule has 0 radical (unpaired) electrons. The predicted molar refractivity (Wildman–Crippen MR) is 134 cm³/mol. The van der Waals surface area contributed by atoms with Gasteiger partial charge in [-0.25, -0.2) is 0 Å². The Morgan fingerprint density at radius 2 is 1.82 bits per heavy atom. The summed E-state index contributed by atoms with van der Waals surface area (Å²) in [5, 5.41) is 25.6. The molecule has 6 heteroatoms. The average molecular weight is 492 g/mol. The van der Waals surface area contributed by atoms with Gasteiger partial charge in [-0.15, -0.1) is 0 Å². The van der Waals surface area contributed by atoms with Gasteiger partial charge in [0, 0.05) is 5.25 Å². The van der Waals surface area contributed by atoms with Gasteiger partial charge < -0.3 is 20.3 Å². The van der Waals surface area contributed by atoms with E-state index < -0.39 is 0 Å². The van der Waals surface area contributed by atoms with E-state index in [0.29, 0.717) is 41.4 Å². The highest BCUT2D eigenvalue weighted by molar-refractivity contribution is 8.14. The number of carbonyl (C=O) groups excluding carboxylic acids is 1. The summed E-state index contributed by atoms with van der Waals surface area (Å²) in [6.07, 6.45) is 9.75. The second kappa shape index (κ2) is 8.36. The maximum Gasteiger partial charge on any atom is 0.281 e. The monoisotopic (exact) mass is 491 g/mol. The molecule has 4 aliphatic carbocycles. The number of fused-ring (bicyclic) bond motifs is 6. The molecule has 6 rings (SSSR count). The maximum atomic E-state index is 12.1. The molecule has 2 saturated heterocycles. The van der Waals surface area contributed by atoms with E-state index >= 15 is 0 Å². The van der Waals surface area contributed by atoms with Crippen LogP contribution in [0.2, 0.25) is 0 Å². The lowest BCUT2D eigenvalue weighted by Crippen LogP contribution is -2.62. The highest BCUT2D eigenvalue weighted by Gasteiger charge is 2.65. The summed E-state index contributed by atoms with van der Waals surface area (Å²) >= 11 is 1.45. The van der Waals surface area contributed by atoms with Crippen molar-refractivity contribution in [2.45, 2.75) is 115 Å². The molecule has 1 amide bonds. The first kappa shape index (κ1) is 24.1.